The Kier molecular flexibility index (Phi) is 1.78. The van der Waals surface area contributed by atoms with Crippen LogP contribution in [-0.4, -0.2) is 14.1 Å². The molecular formula is C10H11N. The van der Waals surface area contributed by atoms with Gasteiger partial charge in [0.15, 0.2) is 0 Å². The molecule has 0 radical (unpaired) electrons. The van der Waals surface area contributed by atoms with Crippen LogP contribution in [0, 0.1) is 12.3 Å². The highest BCUT2D eigenvalue weighted by Gasteiger charge is 1.92. The Balaban J connectivity index is 2.90. The minimum absolute atomic E-state index is 0.885. The van der Waals surface area contributed by atoms with Gasteiger partial charge in [0.1, 0.15) is 1.37 Å². The lowest BCUT2D eigenvalue weighted by Gasteiger charge is -2.11. The van der Waals surface area contributed by atoms with Crippen LogP contribution in [0.3, 0.4) is 0 Å². The zero-order valence-corrected chi connectivity index (χ0v) is 6.76. The summed E-state index contributed by atoms with van der Waals surface area (Å²) in [5.74, 6) is 2.67. The first kappa shape index (κ1) is 6.30. The summed E-state index contributed by atoms with van der Waals surface area (Å²) in [7, 11) is 3.98. The van der Waals surface area contributed by atoms with Crippen LogP contribution in [0.2, 0.25) is 0 Å². The number of anilines is 1. The van der Waals surface area contributed by atoms with E-state index in [0.717, 1.165) is 11.3 Å². The van der Waals surface area contributed by atoms with Crippen molar-refractivity contribution in [3.05, 3.63) is 29.8 Å². The number of nitrogens with zero attached hydrogens (tertiary/aromatic N) is 1. The maximum Gasteiger partial charge on any atom is 0.124 e. The highest BCUT2D eigenvalue weighted by Crippen LogP contribution is 2.10. The molecule has 1 heteroatoms. The average molecular weight is 146 g/mol. The van der Waals surface area contributed by atoms with Gasteiger partial charge in [-0.3, -0.25) is 0 Å². The normalized spacial score (nSPS) is 9.45. The van der Waals surface area contributed by atoms with E-state index in [0.29, 0.717) is 0 Å². The van der Waals surface area contributed by atoms with Crippen molar-refractivity contribution in [2.75, 3.05) is 19.0 Å². The predicted octanol–water partition coefficient (Wildman–Crippen LogP) is 1.73. The lowest BCUT2D eigenvalue weighted by atomic mass is 10.2. The summed E-state index contributed by atoms with van der Waals surface area (Å²) in [5.41, 5.74) is 2.03. The Hall–Kier alpha value is -1.42. The van der Waals surface area contributed by atoms with Gasteiger partial charge in [0.05, 0.1) is 0 Å². The molecule has 0 saturated heterocycles. The van der Waals surface area contributed by atoms with Crippen molar-refractivity contribution >= 4 is 5.69 Å². The van der Waals surface area contributed by atoms with E-state index in [1.54, 1.807) is 0 Å². The Labute approximate surface area is 69.1 Å². The fourth-order valence-corrected chi connectivity index (χ4v) is 0.843. The molecule has 0 amide bonds. The summed E-state index contributed by atoms with van der Waals surface area (Å²) < 4.78 is 6.71. The van der Waals surface area contributed by atoms with E-state index < -0.39 is 0 Å². The Morgan fingerprint density at radius 1 is 1.36 bits per heavy atom. The summed E-state index contributed by atoms with van der Waals surface area (Å²) in [6.45, 7) is 0. The summed E-state index contributed by atoms with van der Waals surface area (Å²) >= 11 is 0. The Morgan fingerprint density at radius 3 is 2.45 bits per heavy atom. The zero-order chi connectivity index (χ0) is 8.97. The zero-order valence-electron chi connectivity index (χ0n) is 7.76. The minimum Gasteiger partial charge on any atom is -0.378 e. The molecule has 1 rings (SSSR count). The van der Waals surface area contributed by atoms with Crippen molar-refractivity contribution in [1.29, 1.82) is 0 Å². The number of terminal acetylenes is 1. The maximum absolute atomic E-state index is 6.71. The molecule has 11 heavy (non-hydrogen) atoms. The van der Waals surface area contributed by atoms with E-state index in [1.807, 2.05) is 43.3 Å². The van der Waals surface area contributed by atoms with Crippen molar-refractivity contribution in [1.82, 2.24) is 0 Å². The first-order chi connectivity index (χ1) is 5.74. The highest BCUT2D eigenvalue weighted by molar-refractivity contribution is 5.48. The van der Waals surface area contributed by atoms with Crippen molar-refractivity contribution in [2.45, 2.75) is 0 Å². The fourth-order valence-electron chi connectivity index (χ4n) is 0.843. The molecule has 0 heterocycles. The van der Waals surface area contributed by atoms with Gasteiger partial charge in [-0.25, -0.2) is 0 Å². The molecule has 1 aromatic rings. The summed E-state index contributed by atoms with van der Waals surface area (Å²) in [6.07, 6.45) is 2.12. The highest BCUT2D eigenvalue weighted by atomic mass is 15.1. The molecule has 0 saturated carbocycles. The molecule has 0 spiro atoms. The SMILES string of the molecule is [2H]C#Cc1ccc(N(C)C)cc1. The average Bonchev–Trinajstić information content (AvgIpc) is 2.06. The standard InChI is InChI=1S/C10H11N/c1-4-9-5-7-10(8-6-9)11(2)3/h1,5-8H,2-3H3/i1D. The van der Waals surface area contributed by atoms with E-state index in [2.05, 4.69) is 12.3 Å². The fraction of sp³-hybridized carbons (Fsp3) is 0.200. The van der Waals surface area contributed by atoms with Gasteiger partial charge in [0.25, 0.3) is 0 Å². The van der Waals surface area contributed by atoms with E-state index in [4.69, 9.17) is 1.37 Å². The van der Waals surface area contributed by atoms with Crippen LogP contribution in [0.5, 0.6) is 0 Å². The lowest BCUT2D eigenvalue weighted by Crippen LogP contribution is -2.07. The van der Waals surface area contributed by atoms with Crippen molar-refractivity contribution in [3.63, 3.8) is 0 Å². The predicted molar refractivity (Wildman–Crippen MR) is 48.7 cm³/mol. The Morgan fingerprint density at radius 2 is 2.00 bits per heavy atom. The first-order valence-corrected chi connectivity index (χ1v) is 3.44. The van der Waals surface area contributed by atoms with Gasteiger partial charge >= 0.3 is 0 Å². The van der Waals surface area contributed by atoms with Gasteiger partial charge in [0, 0.05) is 25.3 Å². The molecule has 0 aliphatic carbocycles. The molecule has 0 aliphatic rings. The van der Waals surface area contributed by atoms with Crippen LogP contribution in [0.1, 0.15) is 6.93 Å². The molecule has 0 aromatic heterocycles. The quantitative estimate of drug-likeness (QED) is 0.545. The number of rotatable bonds is 1. The molecule has 0 unspecified atom stereocenters. The third-order valence-electron chi connectivity index (χ3n) is 1.53. The van der Waals surface area contributed by atoms with Gasteiger partial charge in [-0.1, -0.05) is 5.92 Å². The second kappa shape index (κ2) is 3.12. The molecule has 0 N–H and O–H groups in total. The molecule has 1 nitrogen and oxygen atoms in total. The molecule has 0 bridgehead atoms. The third kappa shape index (κ3) is 1.75. The van der Waals surface area contributed by atoms with Crippen molar-refractivity contribution in [3.8, 4) is 12.3 Å². The number of benzene rings is 1. The van der Waals surface area contributed by atoms with Gasteiger partial charge < -0.3 is 4.90 Å². The van der Waals surface area contributed by atoms with Gasteiger partial charge in [-0.2, -0.15) is 0 Å². The summed E-state index contributed by atoms with van der Waals surface area (Å²) in [6, 6.07) is 7.80. The van der Waals surface area contributed by atoms with Crippen LogP contribution in [0.15, 0.2) is 24.3 Å². The van der Waals surface area contributed by atoms with Gasteiger partial charge in [-0.15, -0.1) is 6.40 Å². The lowest BCUT2D eigenvalue weighted by molar-refractivity contribution is 1.13. The molecule has 1 aromatic carbocycles. The Bertz CT molecular complexity index is 303. The van der Waals surface area contributed by atoms with Crippen LogP contribution < -0.4 is 4.90 Å². The minimum atomic E-state index is 0.885. The van der Waals surface area contributed by atoms with Crippen LogP contribution in [0.25, 0.3) is 0 Å². The van der Waals surface area contributed by atoms with E-state index >= 15 is 0 Å². The van der Waals surface area contributed by atoms with Gasteiger partial charge in [0.2, 0.25) is 0 Å². The van der Waals surface area contributed by atoms with Crippen LogP contribution >= 0.6 is 0 Å². The first-order valence-electron chi connectivity index (χ1n) is 3.94. The maximum atomic E-state index is 6.71. The van der Waals surface area contributed by atoms with E-state index in [-0.39, 0.29) is 0 Å². The third-order valence-corrected chi connectivity index (χ3v) is 1.53. The molecule has 0 atom stereocenters. The van der Waals surface area contributed by atoms with Crippen molar-refractivity contribution in [2.24, 2.45) is 0 Å². The summed E-state index contributed by atoms with van der Waals surface area (Å²) in [4.78, 5) is 2.03. The van der Waals surface area contributed by atoms with E-state index in [1.165, 1.54) is 0 Å². The number of hydrogen-bond donors (Lipinski definition) is 0. The summed E-state index contributed by atoms with van der Waals surface area (Å²) in [5, 5.41) is 0. The molecular weight excluding hydrogens is 134 g/mol. The smallest absolute Gasteiger partial charge is 0.124 e. The molecule has 0 aliphatic heterocycles. The van der Waals surface area contributed by atoms with Crippen LogP contribution in [0.4, 0.5) is 5.69 Å². The van der Waals surface area contributed by atoms with Crippen molar-refractivity contribution < 1.29 is 1.37 Å². The largest absolute Gasteiger partial charge is 0.378 e. The van der Waals surface area contributed by atoms with Crippen LogP contribution in [-0.2, 0) is 0 Å². The number of hydrogen-bond acceptors (Lipinski definition) is 1. The molecule has 0 fully saturated rings. The van der Waals surface area contributed by atoms with Gasteiger partial charge in [-0.05, 0) is 24.3 Å². The second-order valence-electron chi connectivity index (χ2n) is 2.57. The monoisotopic (exact) mass is 146 g/mol. The second-order valence-corrected chi connectivity index (χ2v) is 2.57. The molecule has 56 valence electrons. The topological polar surface area (TPSA) is 3.24 Å². The van der Waals surface area contributed by atoms with E-state index in [9.17, 15) is 0 Å².